The highest BCUT2D eigenvalue weighted by Gasteiger charge is 2.47. The molecule has 1 saturated carbocycles. The molecule has 2 aromatic rings. The molecule has 3 fully saturated rings. The highest BCUT2D eigenvalue weighted by Crippen LogP contribution is 2.41. The van der Waals surface area contributed by atoms with Crippen molar-refractivity contribution in [3.63, 3.8) is 0 Å². The number of fused-ring (bicyclic) bond motifs is 2. The molecule has 5 rings (SSSR count). The molecule has 3 heterocycles. The highest BCUT2D eigenvalue weighted by molar-refractivity contribution is 7.84. The van der Waals surface area contributed by atoms with Gasteiger partial charge >= 0.3 is 0 Å². The summed E-state index contributed by atoms with van der Waals surface area (Å²) in [7, 11) is -3.92. The lowest BCUT2D eigenvalue weighted by molar-refractivity contribution is -0.919. The molecule has 2 saturated heterocycles. The van der Waals surface area contributed by atoms with Gasteiger partial charge in [-0.25, -0.2) is 8.42 Å². The summed E-state index contributed by atoms with van der Waals surface area (Å²) in [5.41, 5.74) is 0. The van der Waals surface area contributed by atoms with Crippen LogP contribution in [0.4, 0.5) is 5.82 Å². The molecule has 6 nitrogen and oxygen atoms in total. The summed E-state index contributed by atoms with van der Waals surface area (Å²) in [4.78, 5) is 2.55. The molecule has 1 aliphatic carbocycles. The molecule has 0 amide bonds. The zero-order valence-electron chi connectivity index (χ0n) is 16.4. The van der Waals surface area contributed by atoms with Crippen molar-refractivity contribution in [1.82, 2.24) is 4.37 Å². The summed E-state index contributed by atoms with van der Waals surface area (Å²) in [6.45, 7) is 7.98. The van der Waals surface area contributed by atoms with Crippen LogP contribution in [0, 0.1) is 11.8 Å². The van der Waals surface area contributed by atoms with Crippen LogP contribution in [0.1, 0.15) is 25.7 Å². The molecule has 154 valence electrons. The number of benzene rings is 1. The van der Waals surface area contributed by atoms with Crippen molar-refractivity contribution in [3.8, 4) is 0 Å². The molecular weight excluding hydrogens is 394 g/mol. The molecule has 28 heavy (non-hydrogen) atoms. The van der Waals surface area contributed by atoms with Gasteiger partial charge in [-0.05, 0) is 36.5 Å². The number of aromatic nitrogens is 1. The van der Waals surface area contributed by atoms with Crippen LogP contribution in [0.3, 0.4) is 0 Å². The summed E-state index contributed by atoms with van der Waals surface area (Å²) in [5, 5.41) is 1.35. The van der Waals surface area contributed by atoms with E-state index in [9.17, 15) is 0 Å². The van der Waals surface area contributed by atoms with Crippen LogP contribution in [0.15, 0.2) is 24.3 Å². The van der Waals surface area contributed by atoms with Gasteiger partial charge in [0.25, 0.3) is 0 Å². The van der Waals surface area contributed by atoms with Gasteiger partial charge in [0.15, 0.2) is 5.82 Å². The third-order valence-corrected chi connectivity index (χ3v) is 7.47. The Kier molecular flexibility index (Phi) is 5.66. The van der Waals surface area contributed by atoms with E-state index in [4.69, 9.17) is 17.3 Å². The number of hydrogen-bond donors (Lipinski definition) is 0. The first-order valence-electron chi connectivity index (χ1n) is 10.2. The summed E-state index contributed by atoms with van der Waals surface area (Å²) in [5.74, 6) is 3.31. The van der Waals surface area contributed by atoms with E-state index in [1.165, 1.54) is 85.3 Å². The SMILES string of the molecule is CS(=O)(=O)[O-].c1ccc2c(N3CC[N+]4(CC3)C[C@@H]3CCCC[C@H]3C4)nsc2c1. The largest absolute Gasteiger partial charge is 0.748 e. The fraction of sp³-hybridized carbons (Fsp3) is 0.650. The topological polar surface area (TPSA) is 73.3 Å². The molecular formula is C20H29N3O3S2. The molecule has 0 bridgehead atoms. The Morgan fingerprint density at radius 3 is 2.29 bits per heavy atom. The summed E-state index contributed by atoms with van der Waals surface area (Å²) in [6.07, 6.45) is 6.58. The van der Waals surface area contributed by atoms with Crippen molar-refractivity contribution in [3.05, 3.63) is 24.3 Å². The van der Waals surface area contributed by atoms with Crippen LogP contribution in [-0.2, 0) is 10.1 Å². The molecule has 8 heteroatoms. The van der Waals surface area contributed by atoms with Gasteiger partial charge in [0, 0.05) is 23.5 Å². The second-order valence-electron chi connectivity index (χ2n) is 8.65. The first-order valence-corrected chi connectivity index (χ1v) is 12.8. The van der Waals surface area contributed by atoms with Crippen molar-refractivity contribution in [2.75, 3.05) is 50.4 Å². The summed E-state index contributed by atoms with van der Waals surface area (Å²) < 4.78 is 34.7. The third-order valence-electron chi connectivity index (χ3n) is 6.66. The van der Waals surface area contributed by atoms with E-state index in [2.05, 4.69) is 29.2 Å². The van der Waals surface area contributed by atoms with Gasteiger partial charge in [-0.15, -0.1) is 0 Å². The van der Waals surface area contributed by atoms with Crippen molar-refractivity contribution in [2.24, 2.45) is 11.8 Å². The van der Waals surface area contributed by atoms with Gasteiger partial charge in [0.05, 0.1) is 54.1 Å². The first-order chi connectivity index (χ1) is 13.3. The van der Waals surface area contributed by atoms with E-state index in [1.54, 1.807) is 11.5 Å². The van der Waals surface area contributed by atoms with E-state index in [0.29, 0.717) is 6.26 Å². The minimum Gasteiger partial charge on any atom is -0.748 e. The molecule has 2 aliphatic heterocycles. The molecule has 1 aromatic heterocycles. The predicted molar refractivity (Wildman–Crippen MR) is 113 cm³/mol. The van der Waals surface area contributed by atoms with Crippen LogP contribution < -0.4 is 4.90 Å². The highest BCUT2D eigenvalue weighted by atomic mass is 32.2. The Bertz CT molecular complexity index is 896. The van der Waals surface area contributed by atoms with Gasteiger partial charge in [-0.1, -0.05) is 25.0 Å². The standard InChI is InChI=1S/C19H26N3S.CH4O3S/c1-2-6-16-14-22(13-15(16)5-1)11-9-21(10-12-22)19-17-7-3-4-8-18(17)23-20-19;1-5(2,3)4/h3-4,7-8,15-16H,1-2,5-6,9-14H2;1H3,(H,2,3,4)/q+1;/p-1/t15-,16-;/m0./s1. The normalized spacial score (nSPS) is 26.7. The number of nitrogens with zero attached hydrogens (tertiary/aromatic N) is 3. The molecule has 0 N–H and O–H groups in total. The van der Waals surface area contributed by atoms with Crippen LogP contribution in [0.25, 0.3) is 10.1 Å². The van der Waals surface area contributed by atoms with Crippen molar-refractivity contribution in [1.29, 1.82) is 0 Å². The van der Waals surface area contributed by atoms with Gasteiger partial charge < -0.3 is 13.9 Å². The Labute approximate surface area is 171 Å². The van der Waals surface area contributed by atoms with E-state index in [-0.39, 0.29) is 0 Å². The average molecular weight is 424 g/mol. The monoisotopic (exact) mass is 423 g/mol. The Morgan fingerprint density at radius 1 is 1.11 bits per heavy atom. The molecule has 1 aromatic carbocycles. The first kappa shape index (κ1) is 20.1. The lowest BCUT2D eigenvalue weighted by atomic mass is 9.82. The fourth-order valence-electron chi connectivity index (χ4n) is 5.40. The minimum atomic E-state index is -3.92. The van der Waals surface area contributed by atoms with E-state index in [1.807, 2.05) is 0 Å². The van der Waals surface area contributed by atoms with Crippen molar-refractivity contribution in [2.45, 2.75) is 25.7 Å². The van der Waals surface area contributed by atoms with Crippen LogP contribution in [0.5, 0.6) is 0 Å². The quantitative estimate of drug-likeness (QED) is 0.521. The van der Waals surface area contributed by atoms with Crippen molar-refractivity contribution >= 4 is 37.6 Å². The lowest BCUT2D eigenvalue weighted by Gasteiger charge is -2.42. The summed E-state index contributed by atoms with van der Waals surface area (Å²) in [6, 6.07) is 8.69. The van der Waals surface area contributed by atoms with Gasteiger partial charge in [0.2, 0.25) is 0 Å². The maximum absolute atomic E-state index is 9.08. The Morgan fingerprint density at radius 2 is 1.68 bits per heavy atom. The summed E-state index contributed by atoms with van der Waals surface area (Å²) >= 11 is 1.65. The van der Waals surface area contributed by atoms with Crippen LogP contribution in [0.2, 0.25) is 0 Å². The maximum Gasteiger partial charge on any atom is 0.150 e. The zero-order chi connectivity index (χ0) is 19.8. The Balaban J connectivity index is 0.000000346. The van der Waals surface area contributed by atoms with E-state index < -0.39 is 10.1 Å². The zero-order valence-corrected chi connectivity index (χ0v) is 18.1. The molecule has 0 radical (unpaired) electrons. The fourth-order valence-corrected chi connectivity index (χ4v) is 6.20. The number of rotatable bonds is 1. The molecule has 1 spiro atoms. The second kappa shape index (κ2) is 7.89. The van der Waals surface area contributed by atoms with Gasteiger partial charge in [0.1, 0.15) is 0 Å². The maximum atomic E-state index is 9.08. The molecule has 2 atom stereocenters. The average Bonchev–Trinajstić information content (AvgIpc) is 3.22. The number of hydrogen-bond acceptors (Lipinski definition) is 6. The molecule has 3 aliphatic rings. The van der Waals surface area contributed by atoms with Gasteiger partial charge in [-0.2, -0.15) is 4.37 Å². The van der Waals surface area contributed by atoms with Crippen LogP contribution >= 0.6 is 11.5 Å². The number of anilines is 1. The van der Waals surface area contributed by atoms with Crippen LogP contribution in [-0.4, -0.2) is 67.4 Å². The smallest absolute Gasteiger partial charge is 0.150 e. The van der Waals surface area contributed by atoms with Crippen molar-refractivity contribution < 1.29 is 17.5 Å². The number of quaternary nitrogens is 1. The second-order valence-corrected chi connectivity index (χ2v) is 10.9. The predicted octanol–water partition coefficient (Wildman–Crippen LogP) is 2.91. The lowest BCUT2D eigenvalue weighted by Crippen LogP contribution is -2.58. The van der Waals surface area contributed by atoms with Gasteiger partial charge in [-0.3, -0.25) is 0 Å². The van der Waals surface area contributed by atoms with E-state index >= 15 is 0 Å². The minimum absolute atomic E-state index is 0.604. The number of piperazine rings is 1. The molecule has 0 unspecified atom stereocenters. The third kappa shape index (κ3) is 4.50. The van der Waals surface area contributed by atoms with E-state index in [0.717, 1.165) is 11.8 Å². The Hall–Kier alpha value is -1.22.